The molecule has 2 N–H and O–H groups in total. The molecule has 0 aromatic heterocycles. The van der Waals surface area contributed by atoms with Crippen LogP contribution < -0.4 is 5.73 Å². The number of aryl methyl sites for hydroxylation is 3. The minimum Gasteiger partial charge on any atom is -0.323 e. The van der Waals surface area contributed by atoms with Gasteiger partial charge in [-0.15, -0.1) is 0 Å². The SMILES string of the molecule is CCC(C)CS(=O)CC(N)c1c(C)cc(C)cc1C. The number of rotatable bonds is 6. The van der Waals surface area contributed by atoms with Crippen LogP contribution >= 0.6 is 0 Å². The van der Waals surface area contributed by atoms with Crippen LogP contribution in [0.4, 0.5) is 0 Å². The van der Waals surface area contributed by atoms with E-state index < -0.39 is 10.8 Å². The highest BCUT2D eigenvalue weighted by Crippen LogP contribution is 2.23. The molecule has 0 saturated carbocycles. The van der Waals surface area contributed by atoms with Gasteiger partial charge in [-0.3, -0.25) is 4.21 Å². The fourth-order valence-corrected chi connectivity index (χ4v) is 4.14. The molecule has 0 aliphatic heterocycles. The quantitative estimate of drug-likeness (QED) is 0.868. The van der Waals surface area contributed by atoms with E-state index in [1.54, 1.807) is 0 Å². The van der Waals surface area contributed by atoms with Crippen molar-refractivity contribution in [3.05, 3.63) is 34.4 Å². The summed E-state index contributed by atoms with van der Waals surface area (Å²) >= 11 is 0. The van der Waals surface area contributed by atoms with Crippen molar-refractivity contribution in [2.45, 2.75) is 47.1 Å². The van der Waals surface area contributed by atoms with Crippen LogP contribution in [0.25, 0.3) is 0 Å². The summed E-state index contributed by atoms with van der Waals surface area (Å²) in [6.07, 6.45) is 1.07. The average Bonchev–Trinajstić information content (AvgIpc) is 2.26. The van der Waals surface area contributed by atoms with Gasteiger partial charge >= 0.3 is 0 Å². The molecule has 0 radical (unpaired) electrons. The van der Waals surface area contributed by atoms with Gasteiger partial charge in [-0.2, -0.15) is 0 Å². The number of benzene rings is 1. The summed E-state index contributed by atoms with van der Waals surface area (Å²) in [6.45, 7) is 10.6. The Balaban J connectivity index is 2.79. The maximum atomic E-state index is 12.1. The zero-order valence-corrected chi connectivity index (χ0v) is 13.6. The van der Waals surface area contributed by atoms with Gasteiger partial charge in [0, 0.05) is 28.3 Å². The van der Waals surface area contributed by atoms with Gasteiger partial charge in [0.25, 0.3) is 0 Å². The first-order valence-corrected chi connectivity index (χ1v) is 8.52. The Morgan fingerprint density at radius 2 is 1.68 bits per heavy atom. The lowest BCUT2D eigenvalue weighted by molar-refractivity contribution is 0.612. The molecule has 0 bridgehead atoms. The molecule has 0 saturated heterocycles. The van der Waals surface area contributed by atoms with Crippen molar-refractivity contribution < 1.29 is 4.21 Å². The largest absolute Gasteiger partial charge is 0.323 e. The average molecular weight is 281 g/mol. The molecule has 3 atom stereocenters. The van der Waals surface area contributed by atoms with Gasteiger partial charge in [0.05, 0.1) is 0 Å². The summed E-state index contributed by atoms with van der Waals surface area (Å²) in [5.74, 6) is 1.83. The second kappa shape index (κ2) is 7.20. The molecule has 108 valence electrons. The van der Waals surface area contributed by atoms with Crippen molar-refractivity contribution in [1.82, 2.24) is 0 Å². The molecule has 0 fully saturated rings. The van der Waals surface area contributed by atoms with Crippen LogP contribution in [-0.2, 0) is 10.8 Å². The monoisotopic (exact) mass is 281 g/mol. The Kier molecular flexibility index (Phi) is 6.21. The Morgan fingerprint density at radius 3 is 2.16 bits per heavy atom. The summed E-state index contributed by atoms with van der Waals surface area (Å²) in [6, 6.07) is 4.19. The van der Waals surface area contributed by atoms with E-state index in [0.29, 0.717) is 11.7 Å². The summed E-state index contributed by atoms with van der Waals surface area (Å²) in [5.41, 5.74) is 11.1. The topological polar surface area (TPSA) is 43.1 Å². The molecule has 2 nitrogen and oxygen atoms in total. The minimum absolute atomic E-state index is 0.120. The van der Waals surface area contributed by atoms with Crippen LogP contribution in [0.15, 0.2) is 12.1 Å². The lowest BCUT2D eigenvalue weighted by Gasteiger charge is -2.19. The summed E-state index contributed by atoms with van der Waals surface area (Å²) in [7, 11) is -0.827. The maximum absolute atomic E-state index is 12.1. The fourth-order valence-electron chi connectivity index (χ4n) is 2.56. The van der Waals surface area contributed by atoms with Crippen molar-refractivity contribution >= 4 is 10.8 Å². The third-order valence-corrected chi connectivity index (χ3v) is 5.31. The van der Waals surface area contributed by atoms with Crippen molar-refractivity contribution in [3.63, 3.8) is 0 Å². The second-order valence-electron chi connectivity index (χ2n) is 5.71. The van der Waals surface area contributed by atoms with Gasteiger partial charge in [-0.1, -0.05) is 38.0 Å². The first-order chi connectivity index (χ1) is 8.85. The Hall–Kier alpha value is -0.670. The zero-order valence-electron chi connectivity index (χ0n) is 12.8. The molecule has 1 aromatic rings. The van der Waals surface area contributed by atoms with Gasteiger partial charge in [-0.05, 0) is 43.4 Å². The summed E-state index contributed by atoms with van der Waals surface area (Å²) < 4.78 is 12.1. The Labute approximate surface area is 120 Å². The van der Waals surface area contributed by atoms with E-state index in [0.717, 1.165) is 12.2 Å². The standard InChI is InChI=1S/C16H27NOS/c1-6-11(2)9-19(18)10-15(17)16-13(4)7-12(3)8-14(16)5/h7-8,11,15H,6,9-10,17H2,1-5H3. The molecule has 0 spiro atoms. The van der Waals surface area contributed by atoms with E-state index in [1.807, 2.05) is 0 Å². The lowest BCUT2D eigenvalue weighted by Crippen LogP contribution is -2.23. The first-order valence-electron chi connectivity index (χ1n) is 7.03. The molecule has 1 rings (SSSR count). The van der Waals surface area contributed by atoms with E-state index in [4.69, 9.17) is 5.73 Å². The third-order valence-electron chi connectivity index (χ3n) is 3.64. The highest BCUT2D eigenvalue weighted by molar-refractivity contribution is 7.85. The molecule has 3 heteroatoms. The van der Waals surface area contributed by atoms with Crippen molar-refractivity contribution in [3.8, 4) is 0 Å². The maximum Gasteiger partial charge on any atom is 0.0428 e. The van der Waals surface area contributed by atoms with E-state index in [9.17, 15) is 4.21 Å². The molecule has 3 unspecified atom stereocenters. The van der Waals surface area contributed by atoms with E-state index >= 15 is 0 Å². The van der Waals surface area contributed by atoms with Crippen molar-refractivity contribution in [1.29, 1.82) is 0 Å². The molecule has 1 aromatic carbocycles. The first kappa shape index (κ1) is 16.4. The van der Waals surface area contributed by atoms with Gasteiger partial charge in [0.2, 0.25) is 0 Å². The zero-order chi connectivity index (χ0) is 14.6. The number of hydrogen-bond donors (Lipinski definition) is 1. The second-order valence-corrected chi connectivity index (χ2v) is 7.25. The smallest absolute Gasteiger partial charge is 0.0428 e. The summed E-state index contributed by atoms with van der Waals surface area (Å²) in [4.78, 5) is 0. The molecular formula is C16H27NOS. The highest BCUT2D eigenvalue weighted by atomic mass is 32.2. The number of hydrogen-bond acceptors (Lipinski definition) is 2. The van der Waals surface area contributed by atoms with Gasteiger partial charge < -0.3 is 5.73 Å². The van der Waals surface area contributed by atoms with Gasteiger partial charge in [-0.25, -0.2) is 0 Å². The highest BCUT2D eigenvalue weighted by Gasteiger charge is 2.16. The molecule has 0 heterocycles. The van der Waals surface area contributed by atoms with E-state index in [2.05, 4.69) is 46.8 Å². The Morgan fingerprint density at radius 1 is 1.16 bits per heavy atom. The Bertz CT molecular complexity index is 433. The predicted octanol–water partition coefficient (Wildman–Crippen LogP) is 3.41. The number of nitrogens with two attached hydrogens (primary N) is 1. The van der Waals surface area contributed by atoms with Crippen LogP contribution in [0.2, 0.25) is 0 Å². The van der Waals surface area contributed by atoms with Crippen molar-refractivity contribution in [2.75, 3.05) is 11.5 Å². The normalized spacial score (nSPS) is 16.1. The van der Waals surface area contributed by atoms with Crippen LogP contribution in [0.1, 0.15) is 48.6 Å². The molecular weight excluding hydrogens is 254 g/mol. The lowest BCUT2D eigenvalue weighted by atomic mass is 9.95. The minimum atomic E-state index is -0.827. The third kappa shape index (κ3) is 4.73. The fraction of sp³-hybridized carbons (Fsp3) is 0.625. The molecule has 0 amide bonds. The van der Waals surface area contributed by atoms with Crippen LogP contribution in [0, 0.1) is 26.7 Å². The van der Waals surface area contributed by atoms with Crippen LogP contribution in [0.5, 0.6) is 0 Å². The molecule has 0 aliphatic carbocycles. The molecule has 0 aliphatic rings. The summed E-state index contributed by atoms with van der Waals surface area (Å²) in [5, 5.41) is 0. The van der Waals surface area contributed by atoms with Gasteiger partial charge in [0.1, 0.15) is 0 Å². The predicted molar refractivity (Wildman–Crippen MR) is 84.9 cm³/mol. The van der Waals surface area contributed by atoms with Crippen LogP contribution in [0.3, 0.4) is 0 Å². The van der Waals surface area contributed by atoms with Crippen molar-refractivity contribution in [2.24, 2.45) is 11.7 Å². The van der Waals surface area contributed by atoms with E-state index in [-0.39, 0.29) is 6.04 Å². The molecule has 19 heavy (non-hydrogen) atoms. The van der Waals surface area contributed by atoms with Gasteiger partial charge in [0.15, 0.2) is 0 Å². The van der Waals surface area contributed by atoms with E-state index in [1.165, 1.54) is 22.3 Å². The van der Waals surface area contributed by atoms with Crippen LogP contribution in [-0.4, -0.2) is 15.7 Å².